The van der Waals surface area contributed by atoms with Crippen LogP contribution in [0.1, 0.15) is 5.69 Å². The van der Waals surface area contributed by atoms with Crippen LogP contribution in [0, 0.1) is 0 Å². The minimum Gasteiger partial charge on any atom is -0.744 e. The zero-order valence-electron chi connectivity index (χ0n) is 26.9. The van der Waals surface area contributed by atoms with E-state index in [9.17, 15) is 18.2 Å². The number of fused-ring (bicyclic) bond motifs is 3. The number of rotatable bonds is 14. The van der Waals surface area contributed by atoms with E-state index in [2.05, 4.69) is 53.6 Å². The number of pyridine rings is 1. The fraction of sp³-hybridized carbons (Fsp3) is 0.0714. The number of H-pyrrole nitrogens is 3. The molecule has 16 nitrogen and oxygen atoms in total. The Kier molecular flexibility index (Phi) is 17.6. The molecule has 0 saturated carbocycles. The van der Waals surface area contributed by atoms with Gasteiger partial charge in [0, 0.05) is 21.7 Å². The van der Waals surface area contributed by atoms with E-state index in [-0.39, 0.29) is 64.0 Å². The van der Waals surface area contributed by atoms with Gasteiger partial charge >= 0.3 is 59.1 Å². The van der Waals surface area contributed by atoms with Gasteiger partial charge in [0.1, 0.15) is 10.1 Å². The molecule has 0 atom stereocenters. The number of imidazole rings is 3. The molecule has 24 heteroatoms. The van der Waals surface area contributed by atoms with Gasteiger partial charge in [-0.1, -0.05) is 46.4 Å². The van der Waals surface area contributed by atoms with Crippen molar-refractivity contribution in [1.82, 2.24) is 34.9 Å². The first kappa shape index (κ1) is 43.4. The van der Waals surface area contributed by atoms with Crippen molar-refractivity contribution in [1.29, 1.82) is 0 Å². The van der Waals surface area contributed by atoms with Crippen molar-refractivity contribution in [2.24, 2.45) is 0 Å². The molecule has 0 fully saturated rings. The smallest absolute Gasteiger partial charge is 0.744 e. The van der Waals surface area contributed by atoms with E-state index in [0.29, 0.717) is 31.3 Å². The Balaban J connectivity index is 0.000000235. The van der Waals surface area contributed by atoms with Crippen molar-refractivity contribution in [3.05, 3.63) is 84.7 Å². The summed E-state index contributed by atoms with van der Waals surface area (Å²) in [4.78, 5) is 28.2. The van der Waals surface area contributed by atoms with Crippen LogP contribution in [-0.4, -0.2) is 58.2 Å². The third-order valence-corrected chi connectivity index (χ3v) is 11.1. The molecule has 0 amide bonds. The van der Waals surface area contributed by atoms with Gasteiger partial charge in [0.05, 0.1) is 72.9 Å². The number of aromatic nitrogens is 7. The average Bonchev–Trinajstić information content (AvgIpc) is 3.84. The predicted molar refractivity (Wildman–Crippen MR) is 185 cm³/mol. The number of benzene rings is 3. The van der Waals surface area contributed by atoms with Crippen LogP contribution < -0.4 is 64.4 Å². The Morgan fingerprint density at radius 2 is 1.25 bits per heavy atom. The maximum Gasteiger partial charge on any atom is 1.00 e. The molecular formula is C28H21N7Na2O9S6. The SMILES string of the molecule is O=S(=O)([O-])c1ccc2nc(SCSc3nc4ccc(SOO[O-])cc4[nH]3)[nH]c2c1.OOOSc1ccc2nc(SCc3ccccn3)[nH]c2c1.[Na+].[Na+]. The summed E-state index contributed by atoms with van der Waals surface area (Å²) in [6.07, 6.45) is 1.78. The van der Waals surface area contributed by atoms with E-state index in [4.69, 9.17) is 5.26 Å². The number of aromatic amines is 3. The summed E-state index contributed by atoms with van der Waals surface area (Å²) in [6.45, 7) is 0. The number of thioether (sulfide) groups is 3. The van der Waals surface area contributed by atoms with Gasteiger partial charge < -0.3 is 24.8 Å². The zero-order valence-corrected chi connectivity index (χ0v) is 35.8. The molecule has 0 bridgehead atoms. The van der Waals surface area contributed by atoms with Gasteiger partial charge in [-0.25, -0.2) is 28.6 Å². The summed E-state index contributed by atoms with van der Waals surface area (Å²) in [5.74, 6) is 0.754. The topological polar surface area (TPSA) is 236 Å². The molecule has 3 aromatic carbocycles. The van der Waals surface area contributed by atoms with Crippen LogP contribution in [0.25, 0.3) is 33.1 Å². The molecule has 7 aromatic rings. The third kappa shape index (κ3) is 12.3. The average molecular weight is 838 g/mol. The minimum atomic E-state index is -4.51. The van der Waals surface area contributed by atoms with Gasteiger partial charge in [0.25, 0.3) is 0 Å². The minimum absolute atomic E-state index is 0. The Morgan fingerprint density at radius 1 is 0.712 bits per heavy atom. The van der Waals surface area contributed by atoms with Crippen molar-refractivity contribution in [3.8, 4) is 0 Å². The maximum absolute atomic E-state index is 11.1. The second-order valence-electron chi connectivity index (χ2n) is 9.58. The van der Waals surface area contributed by atoms with E-state index in [1.807, 2.05) is 36.4 Å². The van der Waals surface area contributed by atoms with Gasteiger partial charge in [-0.15, -0.1) is 4.33 Å². The molecule has 0 unspecified atom stereocenters. The fourth-order valence-electron chi connectivity index (χ4n) is 4.23. The number of nitrogens with zero attached hydrogens (tertiary/aromatic N) is 4. The van der Waals surface area contributed by atoms with Gasteiger partial charge in [-0.05, 0) is 66.7 Å². The van der Waals surface area contributed by atoms with Crippen LogP contribution in [0.2, 0.25) is 0 Å². The standard InChI is InChI=1S/C15H12N4O6S4.C13H11N3O3S2.2Na/c20-24-25-28-8-1-3-10-12(5-8)18-14(16-10)26-7-27-15-17-11-4-2-9(29(21,22)23)6-13(11)19-15;17-18-19-21-10-4-5-11-12(7-10)16-13(15-11)20-8-9-3-1-2-6-14-9;;/h1-6,20H,7H2,(H,16,18)(H,17,19)(H,21,22,23);1-7,17H,8H2,(H,15,16);;/q;;2*+1/p-2. The quantitative estimate of drug-likeness (QED) is 0.0216. The molecular weight excluding hydrogens is 817 g/mol. The van der Waals surface area contributed by atoms with Crippen molar-refractivity contribution in [3.63, 3.8) is 0 Å². The Morgan fingerprint density at radius 3 is 1.77 bits per heavy atom. The van der Waals surface area contributed by atoms with Crippen LogP contribution in [0.15, 0.2) is 109 Å². The Bertz CT molecular complexity index is 2320. The second-order valence-corrected chi connectivity index (χ2v) is 15.8. The van der Waals surface area contributed by atoms with E-state index in [1.54, 1.807) is 36.2 Å². The Hall–Kier alpha value is -1.36. The van der Waals surface area contributed by atoms with Crippen LogP contribution >= 0.6 is 59.4 Å². The molecule has 0 aliphatic carbocycles. The van der Waals surface area contributed by atoms with Gasteiger partial charge in [-0.2, -0.15) is 4.33 Å². The van der Waals surface area contributed by atoms with Crippen LogP contribution in [-0.2, 0) is 34.6 Å². The van der Waals surface area contributed by atoms with Crippen LogP contribution in [0.3, 0.4) is 0 Å². The molecule has 52 heavy (non-hydrogen) atoms. The third-order valence-electron chi connectivity index (χ3n) is 6.38. The maximum atomic E-state index is 11.1. The molecule has 4 N–H and O–H groups in total. The number of hydrogen-bond acceptors (Lipinski definition) is 18. The number of hydrogen-bond donors (Lipinski definition) is 4. The Labute approximate surface area is 360 Å². The van der Waals surface area contributed by atoms with Crippen molar-refractivity contribution >= 4 is 103 Å². The summed E-state index contributed by atoms with van der Waals surface area (Å²) < 4.78 is 42.1. The monoisotopic (exact) mass is 837 g/mol. The molecule has 0 aliphatic heterocycles. The first-order chi connectivity index (χ1) is 24.3. The summed E-state index contributed by atoms with van der Waals surface area (Å²) in [5.41, 5.74) is 5.37. The summed E-state index contributed by atoms with van der Waals surface area (Å²) >= 11 is 6.18. The van der Waals surface area contributed by atoms with Crippen molar-refractivity contribution < 1.29 is 101 Å². The van der Waals surface area contributed by atoms with Crippen LogP contribution in [0.5, 0.6) is 0 Å². The molecule has 7 rings (SSSR count). The molecule has 4 aromatic heterocycles. The van der Waals surface area contributed by atoms with E-state index in [0.717, 1.165) is 67.7 Å². The van der Waals surface area contributed by atoms with Gasteiger partial charge in [0.15, 0.2) is 15.5 Å². The summed E-state index contributed by atoms with van der Waals surface area (Å²) in [5, 5.41) is 27.7. The first-order valence-corrected chi connectivity index (χ1v) is 19.6. The first-order valence-electron chi connectivity index (χ1n) is 13.8. The summed E-state index contributed by atoms with van der Waals surface area (Å²) in [6, 6.07) is 20.8. The molecule has 260 valence electrons. The van der Waals surface area contributed by atoms with E-state index < -0.39 is 10.1 Å². The van der Waals surface area contributed by atoms with Crippen molar-refractivity contribution in [2.75, 3.05) is 5.08 Å². The zero-order chi connectivity index (χ0) is 34.9. The van der Waals surface area contributed by atoms with Gasteiger partial charge in [0.2, 0.25) is 0 Å². The largest absolute Gasteiger partial charge is 1.00 e. The fourth-order valence-corrected chi connectivity index (χ4v) is 8.15. The van der Waals surface area contributed by atoms with Crippen molar-refractivity contribution in [2.45, 2.75) is 35.9 Å². The van der Waals surface area contributed by atoms with Gasteiger partial charge in [-0.3, -0.25) is 10.0 Å². The van der Waals surface area contributed by atoms with E-state index in [1.165, 1.54) is 41.7 Å². The molecule has 4 heterocycles. The summed E-state index contributed by atoms with van der Waals surface area (Å²) in [7, 11) is -4.51. The molecule has 0 saturated heterocycles. The molecule has 0 aliphatic rings. The van der Waals surface area contributed by atoms with E-state index >= 15 is 0 Å². The van der Waals surface area contributed by atoms with Crippen LogP contribution in [0.4, 0.5) is 0 Å². The molecule has 0 radical (unpaired) electrons. The molecule has 0 spiro atoms. The second kappa shape index (κ2) is 21.1. The normalized spacial score (nSPS) is 11.3. The number of nitrogens with one attached hydrogen (secondary N) is 3. The predicted octanol–water partition coefficient (Wildman–Crippen LogP) is 0.102.